The van der Waals surface area contributed by atoms with Crippen LogP contribution in [-0.4, -0.2) is 22.8 Å². The Hall–Kier alpha value is -3.01. The first-order chi connectivity index (χ1) is 11.1. The number of nitrogens with zero attached hydrogens (tertiary/aromatic N) is 1. The van der Waals surface area contributed by atoms with Crippen LogP contribution in [-0.2, 0) is 0 Å². The molecule has 1 N–H and O–H groups in total. The molecule has 2 aromatic carbocycles. The second-order valence-corrected chi connectivity index (χ2v) is 5.23. The molecule has 3 rings (SSSR count). The van der Waals surface area contributed by atoms with E-state index in [1.165, 1.54) is 0 Å². The number of aromatic carboxylic acids is 1. The second kappa shape index (κ2) is 6.01. The highest BCUT2D eigenvalue weighted by atomic mass is 16.5. The van der Waals surface area contributed by atoms with Crippen molar-refractivity contribution in [3.8, 4) is 22.7 Å². The zero-order valence-electron chi connectivity index (χ0n) is 13.0. The van der Waals surface area contributed by atoms with Gasteiger partial charge >= 0.3 is 5.97 Å². The molecule has 4 nitrogen and oxygen atoms in total. The van der Waals surface area contributed by atoms with Crippen LogP contribution in [0, 0.1) is 6.92 Å². The van der Waals surface area contributed by atoms with Crippen molar-refractivity contribution in [2.45, 2.75) is 6.92 Å². The number of carboxylic acids is 1. The van der Waals surface area contributed by atoms with Crippen LogP contribution >= 0.6 is 0 Å². The fourth-order valence-corrected chi connectivity index (χ4v) is 2.71. The number of hydrogen-bond acceptors (Lipinski definition) is 2. The molecule has 0 atom stereocenters. The van der Waals surface area contributed by atoms with Gasteiger partial charge in [-0.15, -0.1) is 0 Å². The third kappa shape index (κ3) is 2.71. The Bertz CT molecular complexity index is 833. The molecule has 0 aliphatic rings. The molecule has 0 spiro atoms. The Morgan fingerprint density at radius 3 is 2.26 bits per heavy atom. The van der Waals surface area contributed by atoms with Crippen molar-refractivity contribution in [1.29, 1.82) is 0 Å². The van der Waals surface area contributed by atoms with Crippen LogP contribution in [0.1, 0.15) is 16.1 Å². The van der Waals surface area contributed by atoms with Crippen molar-refractivity contribution < 1.29 is 14.6 Å². The molecule has 4 heteroatoms. The maximum absolute atomic E-state index is 11.5. The number of rotatable bonds is 4. The lowest BCUT2D eigenvalue weighted by Crippen LogP contribution is -2.02. The number of hydrogen-bond donors (Lipinski definition) is 1. The molecule has 0 amide bonds. The molecule has 0 saturated carbocycles. The van der Waals surface area contributed by atoms with E-state index in [2.05, 4.69) is 0 Å². The Kier molecular flexibility index (Phi) is 3.89. The second-order valence-electron chi connectivity index (χ2n) is 5.23. The molecule has 0 unspecified atom stereocenters. The maximum Gasteiger partial charge on any atom is 0.337 e. The summed E-state index contributed by atoms with van der Waals surface area (Å²) in [5.41, 5.74) is 3.72. The van der Waals surface area contributed by atoms with Crippen molar-refractivity contribution in [2.75, 3.05) is 7.11 Å². The summed E-state index contributed by atoms with van der Waals surface area (Å²) < 4.78 is 7.15. The summed E-state index contributed by atoms with van der Waals surface area (Å²) >= 11 is 0. The summed E-state index contributed by atoms with van der Waals surface area (Å²) in [6, 6.07) is 19.1. The van der Waals surface area contributed by atoms with Gasteiger partial charge in [0.25, 0.3) is 0 Å². The normalized spacial score (nSPS) is 10.5. The minimum Gasteiger partial charge on any atom is -0.497 e. The van der Waals surface area contributed by atoms with Gasteiger partial charge in [-0.05, 0) is 55.0 Å². The quantitative estimate of drug-likeness (QED) is 0.787. The molecule has 1 aromatic heterocycles. The summed E-state index contributed by atoms with van der Waals surface area (Å²) in [6.07, 6.45) is 0. The minimum absolute atomic E-state index is 0.305. The van der Waals surface area contributed by atoms with Crippen LogP contribution in [0.25, 0.3) is 16.9 Å². The third-order valence-electron chi connectivity index (χ3n) is 3.88. The summed E-state index contributed by atoms with van der Waals surface area (Å²) in [5.74, 6) is -0.159. The fraction of sp³-hybridized carbons (Fsp3) is 0.105. The lowest BCUT2D eigenvalue weighted by Gasteiger charge is -2.12. The maximum atomic E-state index is 11.5. The molecule has 116 valence electrons. The number of carbonyl (C=O) groups is 1. The molecular weight excluding hydrogens is 290 g/mol. The van der Waals surface area contributed by atoms with E-state index in [1.54, 1.807) is 13.2 Å². The van der Waals surface area contributed by atoms with E-state index in [4.69, 9.17) is 4.74 Å². The smallest absolute Gasteiger partial charge is 0.337 e. The lowest BCUT2D eigenvalue weighted by atomic mass is 10.1. The first kappa shape index (κ1) is 14.9. The molecular formula is C19H17NO3. The first-order valence-corrected chi connectivity index (χ1v) is 7.27. The molecule has 0 fully saturated rings. The zero-order chi connectivity index (χ0) is 16.4. The standard InChI is InChI=1S/C19H17NO3/c1-13-17(19(21)22)12-18(14-8-10-16(23-2)11-9-14)20(13)15-6-4-3-5-7-15/h3-12H,1-2H3,(H,21,22). The van der Waals surface area contributed by atoms with Gasteiger partial charge in [0.15, 0.2) is 0 Å². The number of para-hydroxylation sites is 1. The van der Waals surface area contributed by atoms with E-state index in [9.17, 15) is 9.90 Å². The summed E-state index contributed by atoms with van der Waals surface area (Å²) in [7, 11) is 1.62. The zero-order valence-corrected chi connectivity index (χ0v) is 13.0. The van der Waals surface area contributed by atoms with Crippen molar-refractivity contribution >= 4 is 5.97 Å². The first-order valence-electron chi connectivity index (χ1n) is 7.27. The van der Waals surface area contributed by atoms with E-state index in [0.29, 0.717) is 11.3 Å². The van der Waals surface area contributed by atoms with Crippen LogP contribution in [0.3, 0.4) is 0 Å². The predicted octanol–water partition coefficient (Wildman–Crippen LogP) is 4.16. The number of aromatic nitrogens is 1. The van der Waals surface area contributed by atoms with Gasteiger partial charge in [-0.1, -0.05) is 18.2 Å². The average Bonchev–Trinajstić information content (AvgIpc) is 2.93. The Morgan fingerprint density at radius 2 is 1.70 bits per heavy atom. The molecule has 0 saturated heterocycles. The van der Waals surface area contributed by atoms with Crippen LogP contribution in [0.5, 0.6) is 5.75 Å². The van der Waals surface area contributed by atoms with Gasteiger partial charge < -0.3 is 14.4 Å². The van der Waals surface area contributed by atoms with Crippen LogP contribution < -0.4 is 4.74 Å². The molecule has 0 bridgehead atoms. The molecule has 1 heterocycles. The minimum atomic E-state index is -0.924. The average molecular weight is 307 g/mol. The van der Waals surface area contributed by atoms with Gasteiger partial charge in [-0.3, -0.25) is 0 Å². The Balaban J connectivity index is 2.22. The van der Waals surface area contributed by atoms with Gasteiger partial charge in [0, 0.05) is 11.4 Å². The van der Waals surface area contributed by atoms with Gasteiger partial charge in [0.1, 0.15) is 5.75 Å². The van der Waals surface area contributed by atoms with E-state index in [-0.39, 0.29) is 0 Å². The van der Waals surface area contributed by atoms with Crippen molar-refractivity contribution in [3.63, 3.8) is 0 Å². The highest BCUT2D eigenvalue weighted by molar-refractivity contribution is 5.91. The fourth-order valence-electron chi connectivity index (χ4n) is 2.71. The summed E-state index contributed by atoms with van der Waals surface area (Å²) in [4.78, 5) is 11.5. The van der Waals surface area contributed by atoms with Crippen molar-refractivity contribution in [1.82, 2.24) is 4.57 Å². The predicted molar refractivity (Wildman–Crippen MR) is 89.5 cm³/mol. The van der Waals surface area contributed by atoms with Crippen LogP contribution in [0.15, 0.2) is 60.7 Å². The number of ether oxygens (including phenoxy) is 1. The van der Waals surface area contributed by atoms with Gasteiger partial charge in [0.2, 0.25) is 0 Å². The van der Waals surface area contributed by atoms with E-state index >= 15 is 0 Å². The largest absolute Gasteiger partial charge is 0.497 e. The highest BCUT2D eigenvalue weighted by Crippen LogP contribution is 2.30. The molecule has 23 heavy (non-hydrogen) atoms. The monoisotopic (exact) mass is 307 g/mol. The SMILES string of the molecule is COc1ccc(-c2cc(C(=O)O)c(C)n2-c2ccccc2)cc1. The molecule has 0 aliphatic carbocycles. The molecule has 0 aliphatic heterocycles. The lowest BCUT2D eigenvalue weighted by molar-refractivity contribution is 0.0696. The summed E-state index contributed by atoms with van der Waals surface area (Å²) in [5, 5.41) is 9.45. The number of methoxy groups -OCH3 is 1. The van der Waals surface area contributed by atoms with Gasteiger partial charge in [-0.2, -0.15) is 0 Å². The van der Waals surface area contributed by atoms with E-state index in [0.717, 1.165) is 22.7 Å². The Labute approximate surface area is 134 Å². The van der Waals surface area contributed by atoms with Gasteiger partial charge in [0.05, 0.1) is 18.4 Å². The van der Waals surface area contributed by atoms with Crippen molar-refractivity contribution in [2.24, 2.45) is 0 Å². The van der Waals surface area contributed by atoms with Gasteiger partial charge in [-0.25, -0.2) is 4.79 Å². The van der Waals surface area contributed by atoms with E-state index < -0.39 is 5.97 Å². The van der Waals surface area contributed by atoms with Crippen molar-refractivity contribution in [3.05, 3.63) is 71.9 Å². The van der Waals surface area contributed by atoms with Crippen LogP contribution in [0.4, 0.5) is 0 Å². The molecule has 3 aromatic rings. The van der Waals surface area contributed by atoms with E-state index in [1.807, 2.05) is 66.1 Å². The topological polar surface area (TPSA) is 51.5 Å². The van der Waals surface area contributed by atoms with Crippen LogP contribution in [0.2, 0.25) is 0 Å². The summed E-state index contributed by atoms with van der Waals surface area (Å²) in [6.45, 7) is 1.82. The highest BCUT2D eigenvalue weighted by Gasteiger charge is 2.18. The Morgan fingerprint density at radius 1 is 1.04 bits per heavy atom. The third-order valence-corrected chi connectivity index (χ3v) is 3.88. The number of benzene rings is 2. The number of carboxylic acid groups (broad SMARTS) is 1. The molecule has 0 radical (unpaired) electrons.